The molecular formula is C17H21BrN2O3. The van der Waals surface area contributed by atoms with Crippen molar-refractivity contribution in [3.05, 3.63) is 34.4 Å². The molecular weight excluding hydrogens is 360 g/mol. The monoisotopic (exact) mass is 380 g/mol. The molecule has 0 saturated heterocycles. The van der Waals surface area contributed by atoms with Gasteiger partial charge in [-0.25, -0.2) is 4.79 Å². The van der Waals surface area contributed by atoms with Gasteiger partial charge in [0.15, 0.2) is 5.69 Å². The van der Waals surface area contributed by atoms with Crippen LogP contribution in [-0.2, 0) is 11.3 Å². The van der Waals surface area contributed by atoms with Crippen LogP contribution in [0.1, 0.15) is 38.2 Å². The molecule has 0 spiro atoms. The molecule has 0 aliphatic heterocycles. The lowest BCUT2D eigenvalue weighted by Crippen LogP contribution is -2.08. The van der Waals surface area contributed by atoms with E-state index in [4.69, 9.17) is 9.47 Å². The van der Waals surface area contributed by atoms with E-state index in [0.717, 1.165) is 21.5 Å². The lowest BCUT2D eigenvalue weighted by Gasteiger charge is -2.15. The van der Waals surface area contributed by atoms with Gasteiger partial charge in [0.1, 0.15) is 5.75 Å². The molecule has 2 aromatic rings. The first-order valence-corrected chi connectivity index (χ1v) is 8.47. The highest BCUT2D eigenvalue weighted by Crippen LogP contribution is 2.34. The fraction of sp³-hybridized carbons (Fsp3) is 0.412. The zero-order valence-electron chi connectivity index (χ0n) is 13.8. The molecule has 0 fully saturated rings. The van der Waals surface area contributed by atoms with Gasteiger partial charge in [0, 0.05) is 16.6 Å². The number of hydrogen-bond donors (Lipinski definition) is 0. The standard InChI is InChI=1S/C17H21BrN2O3/c1-5-20-15(10-14(19-20)17(21)22-6-2)13-8-7-12(18)9-16(13)23-11(3)4/h7-11H,5-6H2,1-4H3. The van der Waals surface area contributed by atoms with Crippen LogP contribution in [0.5, 0.6) is 5.75 Å². The van der Waals surface area contributed by atoms with Crippen LogP contribution in [0.2, 0.25) is 0 Å². The normalized spacial score (nSPS) is 10.9. The molecule has 23 heavy (non-hydrogen) atoms. The summed E-state index contributed by atoms with van der Waals surface area (Å²) in [5.74, 6) is 0.337. The highest BCUT2D eigenvalue weighted by molar-refractivity contribution is 9.10. The first-order chi connectivity index (χ1) is 11.0. The largest absolute Gasteiger partial charge is 0.490 e. The summed E-state index contributed by atoms with van der Waals surface area (Å²) in [6.07, 6.45) is 0.0468. The number of esters is 1. The van der Waals surface area contributed by atoms with Crippen LogP contribution < -0.4 is 4.74 Å². The maximum atomic E-state index is 11.9. The molecule has 0 bridgehead atoms. The molecule has 0 atom stereocenters. The molecule has 0 radical (unpaired) electrons. The molecule has 1 heterocycles. The molecule has 1 aromatic heterocycles. The lowest BCUT2D eigenvalue weighted by molar-refractivity contribution is 0.0518. The highest BCUT2D eigenvalue weighted by Gasteiger charge is 2.19. The Hall–Kier alpha value is -1.82. The van der Waals surface area contributed by atoms with Crippen molar-refractivity contribution in [1.29, 1.82) is 0 Å². The van der Waals surface area contributed by atoms with Crippen LogP contribution in [0.4, 0.5) is 0 Å². The van der Waals surface area contributed by atoms with Gasteiger partial charge in [0.25, 0.3) is 0 Å². The Bertz CT molecular complexity index is 695. The van der Waals surface area contributed by atoms with Crippen molar-refractivity contribution in [2.24, 2.45) is 0 Å². The summed E-state index contributed by atoms with van der Waals surface area (Å²) in [7, 11) is 0. The zero-order valence-corrected chi connectivity index (χ0v) is 15.4. The minimum atomic E-state index is -0.413. The van der Waals surface area contributed by atoms with Crippen molar-refractivity contribution >= 4 is 21.9 Å². The summed E-state index contributed by atoms with van der Waals surface area (Å²) in [6.45, 7) is 8.68. The summed E-state index contributed by atoms with van der Waals surface area (Å²) in [5, 5.41) is 4.34. The topological polar surface area (TPSA) is 53.4 Å². The average Bonchev–Trinajstić information content (AvgIpc) is 2.91. The van der Waals surface area contributed by atoms with Crippen LogP contribution in [0.25, 0.3) is 11.3 Å². The van der Waals surface area contributed by atoms with E-state index < -0.39 is 5.97 Å². The van der Waals surface area contributed by atoms with Crippen molar-refractivity contribution < 1.29 is 14.3 Å². The van der Waals surface area contributed by atoms with Gasteiger partial charge in [0.05, 0.1) is 18.4 Å². The Labute approximate surface area is 144 Å². The first-order valence-electron chi connectivity index (χ1n) is 7.67. The molecule has 5 nitrogen and oxygen atoms in total. The molecule has 0 saturated carbocycles. The third kappa shape index (κ3) is 4.13. The van der Waals surface area contributed by atoms with E-state index in [1.165, 1.54) is 0 Å². The van der Waals surface area contributed by atoms with Gasteiger partial charge in [-0.05, 0) is 52.0 Å². The second-order valence-electron chi connectivity index (χ2n) is 5.26. The third-order valence-electron chi connectivity index (χ3n) is 3.15. The quantitative estimate of drug-likeness (QED) is 0.701. The van der Waals surface area contributed by atoms with Gasteiger partial charge in [-0.3, -0.25) is 4.68 Å². The molecule has 1 aromatic carbocycles. The summed E-state index contributed by atoms with van der Waals surface area (Å²) in [4.78, 5) is 11.9. The fourth-order valence-corrected chi connectivity index (χ4v) is 2.58. The number of rotatable bonds is 6. The SMILES string of the molecule is CCOC(=O)c1cc(-c2ccc(Br)cc2OC(C)C)n(CC)n1. The van der Waals surface area contributed by atoms with Crippen molar-refractivity contribution in [3.8, 4) is 17.0 Å². The van der Waals surface area contributed by atoms with Crippen LogP contribution in [-0.4, -0.2) is 28.5 Å². The van der Waals surface area contributed by atoms with E-state index in [1.54, 1.807) is 17.7 Å². The Morgan fingerprint density at radius 1 is 1.30 bits per heavy atom. The number of carbonyl (C=O) groups is 1. The van der Waals surface area contributed by atoms with Gasteiger partial charge in [-0.2, -0.15) is 5.10 Å². The van der Waals surface area contributed by atoms with Crippen LogP contribution >= 0.6 is 15.9 Å². The number of benzene rings is 1. The molecule has 0 unspecified atom stereocenters. The Morgan fingerprint density at radius 3 is 2.65 bits per heavy atom. The molecule has 0 aliphatic carbocycles. The molecule has 0 amide bonds. The van der Waals surface area contributed by atoms with E-state index in [1.807, 2.05) is 39.0 Å². The smallest absolute Gasteiger partial charge is 0.358 e. The number of aromatic nitrogens is 2. The predicted octanol–water partition coefficient (Wildman–Crippen LogP) is 4.30. The number of nitrogens with zero attached hydrogens (tertiary/aromatic N) is 2. The number of halogens is 1. The number of aryl methyl sites for hydroxylation is 1. The van der Waals surface area contributed by atoms with Gasteiger partial charge < -0.3 is 9.47 Å². The number of ether oxygens (including phenoxy) is 2. The summed E-state index contributed by atoms with van der Waals surface area (Å²) in [5.41, 5.74) is 2.03. The van der Waals surface area contributed by atoms with E-state index >= 15 is 0 Å². The van der Waals surface area contributed by atoms with E-state index in [2.05, 4.69) is 21.0 Å². The minimum absolute atomic E-state index is 0.0468. The van der Waals surface area contributed by atoms with Crippen LogP contribution in [0.3, 0.4) is 0 Å². The molecule has 124 valence electrons. The zero-order chi connectivity index (χ0) is 17.0. The van der Waals surface area contributed by atoms with Crippen LogP contribution in [0.15, 0.2) is 28.7 Å². The highest BCUT2D eigenvalue weighted by atomic mass is 79.9. The van der Waals surface area contributed by atoms with Gasteiger partial charge >= 0.3 is 5.97 Å². The lowest BCUT2D eigenvalue weighted by atomic mass is 10.1. The summed E-state index contributed by atoms with van der Waals surface area (Å²) >= 11 is 3.47. The van der Waals surface area contributed by atoms with E-state index in [-0.39, 0.29) is 6.10 Å². The predicted molar refractivity (Wildman–Crippen MR) is 92.8 cm³/mol. The Balaban J connectivity index is 2.50. The van der Waals surface area contributed by atoms with Crippen molar-refractivity contribution in [1.82, 2.24) is 9.78 Å². The second kappa shape index (κ2) is 7.64. The van der Waals surface area contributed by atoms with Gasteiger partial charge in [-0.15, -0.1) is 0 Å². The van der Waals surface area contributed by atoms with E-state index in [0.29, 0.717) is 18.8 Å². The molecule has 6 heteroatoms. The van der Waals surface area contributed by atoms with E-state index in [9.17, 15) is 4.79 Å². The van der Waals surface area contributed by atoms with Crippen molar-refractivity contribution in [2.75, 3.05) is 6.61 Å². The minimum Gasteiger partial charge on any atom is -0.490 e. The van der Waals surface area contributed by atoms with Crippen molar-refractivity contribution in [3.63, 3.8) is 0 Å². The first kappa shape index (κ1) is 17.5. The fourth-order valence-electron chi connectivity index (χ4n) is 2.24. The Morgan fingerprint density at radius 2 is 2.04 bits per heavy atom. The summed E-state index contributed by atoms with van der Waals surface area (Å²) < 4.78 is 13.7. The number of hydrogen-bond acceptors (Lipinski definition) is 4. The average molecular weight is 381 g/mol. The maximum absolute atomic E-state index is 11.9. The number of carbonyl (C=O) groups excluding carboxylic acids is 1. The van der Waals surface area contributed by atoms with Gasteiger partial charge in [0.2, 0.25) is 0 Å². The van der Waals surface area contributed by atoms with Gasteiger partial charge in [-0.1, -0.05) is 15.9 Å². The second-order valence-corrected chi connectivity index (χ2v) is 6.17. The molecule has 2 rings (SSSR count). The maximum Gasteiger partial charge on any atom is 0.358 e. The Kier molecular flexibility index (Phi) is 5.82. The third-order valence-corrected chi connectivity index (χ3v) is 3.64. The van der Waals surface area contributed by atoms with Crippen LogP contribution in [0, 0.1) is 0 Å². The molecule has 0 N–H and O–H groups in total. The summed E-state index contributed by atoms with van der Waals surface area (Å²) in [6, 6.07) is 7.57. The molecule has 0 aliphatic rings. The van der Waals surface area contributed by atoms with Crippen molar-refractivity contribution in [2.45, 2.75) is 40.3 Å².